The molecule has 0 spiro atoms. The molecule has 1 aromatic rings. The maximum Gasteiger partial charge on any atom is 0.256 e. The van der Waals surface area contributed by atoms with E-state index < -0.39 is 5.54 Å². The van der Waals surface area contributed by atoms with Crippen LogP contribution in [0.15, 0.2) is 10.7 Å². The Kier molecular flexibility index (Phi) is 4.28. The SMILES string of the molecule is Cc1oncc1C(=O)NC(C)(CN)CC(C)C. The zero-order valence-corrected chi connectivity index (χ0v) is 10.9. The minimum Gasteiger partial charge on any atom is -0.361 e. The number of carbonyl (C=O) groups is 1. The Morgan fingerprint density at radius 3 is 2.71 bits per heavy atom. The summed E-state index contributed by atoms with van der Waals surface area (Å²) in [6.45, 7) is 8.27. The molecule has 1 aromatic heterocycles. The molecule has 1 rings (SSSR count). The van der Waals surface area contributed by atoms with Gasteiger partial charge < -0.3 is 15.6 Å². The molecule has 5 heteroatoms. The van der Waals surface area contributed by atoms with Gasteiger partial charge in [0, 0.05) is 12.1 Å². The van der Waals surface area contributed by atoms with Gasteiger partial charge in [0.25, 0.3) is 5.91 Å². The molecule has 5 nitrogen and oxygen atoms in total. The van der Waals surface area contributed by atoms with E-state index in [4.69, 9.17) is 10.3 Å². The summed E-state index contributed by atoms with van der Waals surface area (Å²) >= 11 is 0. The number of amides is 1. The Morgan fingerprint density at radius 1 is 1.65 bits per heavy atom. The molecule has 1 heterocycles. The fourth-order valence-electron chi connectivity index (χ4n) is 1.94. The van der Waals surface area contributed by atoms with Crippen LogP contribution in [-0.4, -0.2) is 23.1 Å². The van der Waals surface area contributed by atoms with Crippen molar-refractivity contribution in [3.8, 4) is 0 Å². The van der Waals surface area contributed by atoms with Crippen molar-refractivity contribution in [3.05, 3.63) is 17.5 Å². The lowest BCUT2D eigenvalue weighted by Crippen LogP contribution is -2.52. The standard InChI is InChI=1S/C12H21N3O2/c1-8(2)5-12(4,7-13)15-11(16)10-6-14-17-9(10)3/h6,8H,5,7,13H2,1-4H3,(H,15,16). The Hall–Kier alpha value is -1.36. The van der Waals surface area contributed by atoms with Crippen molar-refractivity contribution in [1.82, 2.24) is 10.5 Å². The van der Waals surface area contributed by atoms with E-state index in [0.29, 0.717) is 23.8 Å². The van der Waals surface area contributed by atoms with Gasteiger partial charge in [-0.15, -0.1) is 0 Å². The largest absolute Gasteiger partial charge is 0.361 e. The van der Waals surface area contributed by atoms with Crippen molar-refractivity contribution >= 4 is 5.91 Å². The van der Waals surface area contributed by atoms with Crippen molar-refractivity contribution in [2.24, 2.45) is 11.7 Å². The summed E-state index contributed by atoms with van der Waals surface area (Å²) in [5, 5.41) is 6.55. The molecule has 17 heavy (non-hydrogen) atoms. The highest BCUT2D eigenvalue weighted by atomic mass is 16.5. The third-order valence-corrected chi connectivity index (χ3v) is 2.72. The van der Waals surface area contributed by atoms with E-state index in [1.807, 2.05) is 6.92 Å². The summed E-state index contributed by atoms with van der Waals surface area (Å²) in [7, 11) is 0. The smallest absolute Gasteiger partial charge is 0.256 e. The molecule has 0 aliphatic rings. The molecule has 0 bridgehead atoms. The second kappa shape index (κ2) is 5.31. The number of rotatable bonds is 5. The zero-order chi connectivity index (χ0) is 13.1. The Balaban J connectivity index is 2.75. The number of aryl methyl sites for hydroxylation is 1. The summed E-state index contributed by atoms with van der Waals surface area (Å²) in [4.78, 5) is 12.0. The van der Waals surface area contributed by atoms with Gasteiger partial charge in [0.1, 0.15) is 11.3 Å². The van der Waals surface area contributed by atoms with Gasteiger partial charge in [-0.05, 0) is 26.2 Å². The highest BCUT2D eigenvalue weighted by Crippen LogP contribution is 2.16. The summed E-state index contributed by atoms with van der Waals surface area (Å²) < 4.78 is 4.87. The molecule has 96 valence electrons. The predicted octanol–water partition coefficient (Wildman–Crippen LogP) is 1.48. The first-order valence-electron chi connectivity index (χ1n) is 5.82. The van der Waals surface area contributed by atoms with Crippen LogP contribution >= 0.6 is 0 Å². The van der Waals surface area contributed by atoms with Crippen molar-refractivity contribution in [2.75, 3.05) is 6.54 Å². The van der Waals surface area contributed by atoms with Crippen LogP contribution in [0.5, 0.6) is 0 Å². The van der Waals surface area contributed by atoms with Crippen LogP contribution in [0.1, 0.15) is 43.3 Å². The molecule has 0 aliphatic heterocycles. The number of hydrogen-bond donors (Lipinski definition) is 2. The average Bonchev–Trinajstić information content (AvgIpc) is 2.63. The third-order valence-electron chi connectivity index (χ3n) is 2.72. The Morgan fingerprint density at radius 2 is 2.29 bits per heavy atom. The highest BCUT2D eigenvalue weighted by molar-refractivity contribution is 5.95. The number of nitrogens with one attached hydrogen (secondary N) is 1. The van der Waals surface area contributed by atoms with Crippen molar-refractivity contribution < 1.29 is 9.32 Å². The first-order chi connectivity index (χ1) is 7.88. The number of nitrogens with two attached hydrogens (primary N) is 1. The quantitative estimate of drug-likeness (QED) is 0.815. The molecule has 0 saturated heterocycles. The van der Waals surface area contributed by atoms with Crippen LogP contribution < -0.4 is 11.1 Å². The van der Waals surface area contributed by atoms with Gasteiger partial charge >= 0.3 is 0 Å². The number of aromatic nitrogens is 1. The number of nitrogens with zero attached hydrogens (tertiary/aromatic N) is 1. The molecule has 0 aliphatic carbocycles. The molecule has 0 aromatic carbocycles. The fraction of sp³-hybridized carbons (Fsp3) is 0.667. The molecule has 0 radical (unpaired) electrons. The molecular formula is C12H21N3O2. The van der Waals surface area contributed by atoms with Gasteiger partial charge in [0.05, 0.1) is 6.20 Å². The fourth-order valence-corrected chi connectivity index (χ4v) is 1.94. The van der Waals surface area contributed by atoms with Gasteiger partial charge in [-0.2, -0.15) is 0 Å². The third kappa shape index (κ3) is 3.56. The van der Waals surface area contributed by atoms with E-state index in [-0.39, 0.29) is 5.91 Å². The molecular weight excluding hydrogens is 218 g/mol. The average molecular weight is 239 g/mol. The summed E-state index contributed by atoms with van der Waals surface area (Å²) in [5.41, 5.74) is 5.81. The molecule has 0 saturated carbocycles. The first kappa shape index (κ1) is 13.7. The van der Waals surface area contributed by atoms with E-state index in [0.717, 1.165) is 6.42 Å². The topological polar surface area (TPSA) is 81.2 Å². The summed E-state index contributed by atoms with van der Waals surface area (Å²) in [6.07, 6.45) is 2.26. The van der Waals surface area contributed by atoms with Crippen molar-refractivity contribution in [1.29, 1.82) is 0 Å². The second-order valence-corrected chi connectivity index (χ2v) is 5.11. The van der Waals surface area contributed by atoms with Gasteiger partial charge in [-0.25, -0.2) is 0 Å². The predicted molar refractivity (Wildman–Crippen MR) is 65.6 cm³/mol. The lowest BCUT2D eigenvalue weighted by atomic mass is 9.90. The number of carbonyl (C=O) groups excluding carboxylic acids is 1. The van der Waals surface area contributed by atoms with Crippen LogP contribution in [0, 0.1) is 12.8 Å². The molecule has 3 N–H and O–H groups in total. The highest BCUT2D eigenvalue weighted by Gasteiger charge is 2.27. The molecule has 1 amide bonds. The number of hydrogen-bond acceptors (Lipinski definition) is 4. The minimum absolute atomic E-state index is 0.183. The van der Waals surface area contributed by atoms with Crippen LogP contribution in [0.4, 0.5) is 0 Å². The lowest BCUT2D eigenvalue weighted by Gasteiger charge is -2.31. The van der Waals surface area contributed by atoms with Crippen LogP contribution in [-0.2, 0) is 0 Å². The molecule has 1 atom stereocenters. The van der Waals surface area contributed by atoms with Crippen LogP contribution in [0.2, 0.25) is 0 Å². The van der Waals surface area contributed by atoms with Crippen LogP contribution in [0.25, 0.3) is 0 Å². The minimum atomic E-state index is -0.394. The van der Waals surface area contributed by atoms with Crippen molar-refractivity contribution in [2.45, 2.75) is 39.7 Å². The lowest BCUT2D eigenvalue weighted by molar-refractivity contribution is 0.0896. The zero-order valence-electron chi connectivity index (χ0n) is 10.9. The molecule has 0 fully saturated rings. The van der Waals surface area contributed by atoms with E-state index >= 15 is 0 Å². The monoisotopic (exact) mass is 239 g/mol. The molecule has 1 unspecified atom stereocenters. The van der Waals surface area contributed by atoms with E-state index in [1.54, 1.807) is 6.92 Å². The maximum absolute atomic E-state index is 12.0. The van der Waals surface area contributed by atoms with Crippen LogP contribution in [0.3, 0.4) is 0 Å². The first-order valence-corrected chi connectivity index (χ1v) is 5.82. The maximum atomic E-state index is 12.0. The van der Waals surface area contributed by atoms with E-state index in [1.165, 1.54) is 6.20 Å². The summed E-state index contributed by atoms with van der Waals surface area (Å²) in [5.74, 6) is 0.802. The Bertz CT molecular complexity index is 387. The normalized spacial score (nSPS) is 14.7. The summed E-state index contributed by atoms with van der Waals surface area (Å²) in [6, 6.07) is 0. The van der Waals surface area contributed by atoms with Gasteiger partial charge in [-0.1, -0.05) is 19.0 Å². The van der Waals surface area contributed by atoms with E-state index in [2.05, 4.69) is 24.3 Å². The van der Waals surface area contributed by atoms with Gasteiger partial charge in [0.2, 0.25) is 0 Å². The van der Waals surface area contributed by atoms with Gasteiger partial charge in [0.15, 0.2) is 0 Å². The van der Waals surface area contributed by atoms with Gasteiger partial charge in [-0.3, -0.25) is 4.79 Å². The Labute approximate surface area is 102 Å². The van der Waals surface area contributed by atoms with E-state index in [9.17, 15) is 4.79 Å². The second-order valence-electron chi connectivity index (χ2n) is 5.11. The van der Waals surface area contributed by atoms with Crippen molar-refractivity contribution in [3.63, 3.8) is 0 Å².